The number of hydrogen-bond donors (Lipinski definition) is 0. The fourth-order valence-electron chi connectivity index (χ4n) is 3.57. The summed E-state index contributed by atoms with van der Waals surface area (Å²) in [6.45, 7) is 3.96. The standard InChI is InChI=1S/C24H48OS/c1-3-4-5-6-7-8-9-10-11-12-13-14-15-16-17-18-19-20-21-22-23-26-24(2)25/h3-23H2,1-2H3. The first-order chi connectivity index (χ1) is 12.8. The molecular weight excluding hydrogens is 336 g/mol. The largest absolute Gasteiger partial charge is 0.288 e. The number of thioether (sulfide) groups is 1. The molecule has 0 bridgehead atoms. The normalized spacial score (nSPS) is 11.2. The Labute approximate surface area is 169 Å². The van der Waals surface area contributed by atoms with Gasteiger partial charge < -0.3 is 0 Å². The molecular formula is C24H48OS. The predicted molar refractivity (Wildman–Crippen MR) is 121 cm³/mol. The molecule has 0 radical (unpaired) electrons. The van der Waals surface area contributed by atoms with Gasteiger partial charge in [-0.3, -0.25) is 4.79 Å². The fourth-order valence-corrected chi connectivity index (χ4v) is 4.21. The van der Waals surface area contributed by atoms with Crippen molar-refractivity contribution >= 4 is 16.9 Å². The highest BCUT2D eigenvalue weighted by Gasteiger charge is 1.96. The lowest BCUT2D eigenvalue weighted by atomic mass is 10.0. The van der Waals surface area contributed by atoms with Crippen molar-refractivity contribution in [1.29, 1.82) is 0 Å². The molecule has 0 aromatic heterocycles. The summed E-state index contributed by atoms with van der Waals surface area (Å²) in [5.41, 5.74) is 0. The number of hydrogen-bond acceptors (Lipinski definition) is 2. The smallest absolute Gasteiger partial charge is 0.185 e. The van der Waals surface area contributed by atoms with Crippen LogP contribution in [0.15, 0.2) is 0 Å². The summed E-state index contributed by atoms with van der Waals surface area (Å²) in [6, 6.07) is 0. The van der Waals surface area contributed by atoms with E-state index in [2.05, 4.69) is 6.92 Å². The average molecular weight is 385 g/mol. The Morgan fingerprint density at radius 2 is 0.769 bits per heavy atom. The van der Waals surface area contributed by atoms with Gasteiger partial charge in [-0.1, -0.05) is 141 Å². The Bertz CT molecular complexity index is 277. The molecule has 0 rings (SSSR count). The Morgan fingerprint density at radius 1 is 0.500 bits per heavy atom. The highest BCUT2D eigenvalue weighted by molar-refractivity contribution is 8.13. The number of unbranched alkanes of at least 4 members (excludes halogenated alkanes) is 19. The van der Waals surface area contributed by atoms with E-state index in [0.717, 1.165) is 5.75 Å². The molecule has 0 aromatic rings. The van der Waals surface area contributed by atoms with Crippen LogP contribution in [-0.4, -0.2) is 10.9 Å². The molecule has 0 fully saturated rings. The van der Waals surface area contributed by atoms with Crippen molar-refractivity contribution in [3.8, 4) is 0 Å². The summed E-state index contributed by atoms with van der Waals surface area (Å²) in [5.74, 6) is 1.02. The van der Waals surface area contributed by atoms with Crippen molar-refractivity contribution in [1.82, 2.24) is 0 Å². The average Bonchev–Trinajstić information content (AvgIpc) is 2.62. The van der Waals surface area contributed by atoms with Crippen molar-refractivity contribution in [3.63, 3.8) is 0 Å². The van der Waals surface area contributed by atoms with Gasteiger partial charge in [-0.15, -0.1) is 0 Å². The zero-order valence-electron chi connectivity index (χ0n) is 18.2. The summed E-state index contributed by atoms with van der Waals surface area (Å²) in [7, 11) is 0. The second kappa shape index (κ2) is 23.1. The molecule has 0 saturated carbocycles. The number of carbonyl (C=O) groups is 1. The van der Waals surface area contributed by atoms with Crippen LogP contribution in [0.5, 0.6) is 0 Å². The molecule has 26 heavy (non-hydrogen) atoms. The Morgan fingerprint density at radius 3 is 1.04 bits per heavy atom. The summed E-state index contributed by atoms with van der Waals surface area (Å²) < 4.78 is 0. The van der Waals surface area contributed by atoms with E-state index in [-0.39, 0.29) is 5.12 Å². The summed E-state index contributed by atoms with van der Waals surface area (Å²) in [5, 5.41) is 0.266. The molecule has 0 unspecified atom stereocenters. The third-order valence-corrected chi connectivity index (χ3v) is 6.20. The molecule has 0 aliphatic heterocycles. The van der Waals surface area contributed by atoms with Crippen molar-refractivity contribution in [2.75, 3.05) is 5.75 Å². The van der Waals surface area contributed by atoms with Gasteiger partial charge in [-0.05, 0) is 6.42 Å². The minimum atomic E-state index is 0.266. The fraction of sp³-hybridized carbons (Fsp3) is 0.958. The van der Waals surface area contributed by atoms with Gasteiger partial charge >= 0.3 is 0 Å². The first-order valence-electron chi connectivity index (χ1n) is 11.9. The predicted octanol–water partition coefficient (Wildman–Crippen LogP) is 9.09. The van der Waals surface area contributed by atoms with Gasteiger partial charge in [0.25, 0.3) is 0 Å². The number of carbonyl (C=O) groups excluding carboxylic acids is 1. The van der Waals surface area contributed by atoms with E-state index in [9.17, 15) is 4.79 Å². The lowest BCUT2D eigenvalue weighted by Crippen LogP contribution is -1.87. The Balaban J connectivity index is 2.98. The molecule has 0 saturated heterocycles. The summed E-state index contributed by atoms with van der Waals surface area (Å²) >= 11 is 1.48. The highest BCUT2D eigenvalue weighted by atomic mass is 32.2. The molecule has 0 aromatic carbocycles. The van der Waals surface area contributed by atoms with Crippen LogP contribution in [0.4, 0.5) is 0 Å². The third kappa shape index (κ3) is 24.0. The van der Waals surface area contributed by atoms with Crippen molar-refractivity contribution in [2.24, 2.45) is 0 Å². The van der Waals surface area contributed by atoms with E-state index in [1.54, 1.807) is 6.92 Å². The van der Waals surface area contributed by atoms with E-state index in [1.165, 1.54) is 140 Å². The molecule has 0 N–H and O–H groups in total. The van der Waals surface area contributed by atoms with Crippen LogP contribution in [-0.2, 0) is 4.79 Å². The van der Waals surface area contributed by atoms with Gasteiger partial charge in [0.05, 0.1) is 0 Å². The molecule has 0 spiro atoms. The van der Waals surface area contributed by atoms with Crippen LogP contribution < -0.4 is 0 Å². The van der Waals surface area contributed by atoms with E-state index in [4.69, 9.17) is 0 Å². The maximum Gasteiger partial charge on any atom is 0.185 e. The molecule has 1 nitrogen and oxygen atoms in total. The first-order valence-corrected chi connectivity index (χ1v) is 12.9. The first kappa shape index (κ1) is 26.0. The molecule has 0 heterocycles. The van der Waals surface area contributed by atoms with Gasteiger partial charge in [-0.2, -0.15) is 0 Å². The quantitative estimate of drug-likeness (QED) is 0.183. The summed E-state index contributed by atoms with van der Waals surface area (Å²) in [4.78, 5) is 10.8. The van der Waals surface area contributed by atoms with Crippen LogP contribution in [0.25, 0.3) is 0 Å². The van der Waals surface area contributed by atoms with Crippen LogP contribution >= 0.6 is 11.8 Å². The van der Waals surface area contributed by atoms with Gasteiger partial charge in [0, 0.05) is 12.7 Å². The monoisotopic (exact) mass is 384 g/mol. The minimum Gasteiger partial charge on any atom is -0.288 e. The molecule has 0 amide bonds. The zero-order valence-corrected chi connectivity index (χ0v) is 19.0. The van der Waals surface area contributed by atoms with Crippen molar-refractivity contribution in [2.45, 2.75) is 142 Å². The van der Waals surface area contributed by atoms with Crippen LogP contribution in [0, 0.1) is 0 Å². The second-order valence-corrected chi connectivity index (χ2v) is 9.33. The van der Waals surface area contributed by atoms with Crippen LogP contribution in [0.3, 0.4) is 0 Å². The molecule has 0 aliphatic carbocycles. The lowest BCUT2D eigenvalue weighted by Gasteiger charge is -2.04. The van der Waals surface area contributed by atoms with Crippen LogP contribution in [0.1, 0.15) is 142 Å². The van der Waals surface area contributed by atoms with Gasteiger partial charge in [-0.25, -0.2) is 0 Å². The maximum atomic E-state index is 10.8. The third-order valence-electron chi connectivity index (χ3n) is 5.30. The molecule has 0 atom stereocenters. The maximum absolute atomic E-state index is 10.8. The molecule has 0 aliphatic rings. The van der Waals surface area contributed by atoms with Gasteiger partial charge in [0.1, 0.15) is 0 Å². The Kier molecular flexibility index (Phi) is 23.1. The highest BCUT2D eigenvalue weighted by Crippen LogP contribution is 2.15. The van der Waals surface area contributed by atoms with Crippen molar-refractivity contribution in [3.05, 3.63) is 0 Å². The van der Waals surface area contributed by atoms with Crippen molar-refractivity contribution < 1.29 is 4.79 Å². The van der Waals surface area contributed by atoms with E-state index in [0.29, 0.717) is 0 Å². The van der Waals surface area contributed by atoms with Crippen LogP contribution in [0.2, 0.25) is 0 Å². The zero-order chi connectivity index (χ0) is 19.1. The second-order valence-electron chi connectivity index (χ2n) is 8.06. The van der Waals surface area contributed by atoms with E-state index < -0.39 is 0 Å². The lowest BCUT2D eigenvalue weighted by molar-refractivity contribution is -0.109. The molecule has 2 heteroatoms. The van der Waals surface area contributed by atoms with Gasteiger partial charge in [0.2, 0.25) is 0 Å². The Hall–Kier alpha value is 0.0200. The summed E-state index contributed by atoms with van der Waals surface area (Å²) in [6.07, 6.45) is 28.5. The molecule has 156 valence electrons. The van der Waals surface area contributed by atoms with Gasteiger partial charge in [0.15, 0.2) is 5.12 Å². The van der Waals surface area contributed by atoms with E-state index in [1.807, 2.05) is 0 Å². The minimum absolute atomic E-state index is 0.266. The SMILES string of the molecule is CCCCCCCCCCCCCCCCCCCCCCSC(C)=O. The number of rotatable bonds is 21. The van der Waals surface area contributed by atoms with E-state index >= 15 is 0 Å². The topological polar surface area (TPSA) is 17.1 Å².